The van der Waals surface area contributed by atoms with E-state index in [9.17, 15) is 14.9 Å². The van der Waals surface area contributed by atoms with E-state index in [1.807, 2.05) is 0 Å². The number of benzene rings is 1. The monoisotopic (exact) mass is 340 g/mol. The van der Waals surface area contributed by atoms with Gasteiger partial charge in [-0.15, -0.1) is 0 Å². The van der Waals surface area contributed by atoms with Gasteiger partial charge in [-0.3, -0.25) is 0 Å². The molecule has 0 bridgehead atoms. The number of para-hydroxylation sites is 1. The highest BCUT2D eigenvalue weighted by molar-refractivity contribution is 6.05. The zero-order valence-electron chi connectivity index (χ0n) is 14.2. The molecule has 0 fully saturated rings. The topological polar surface area (TPSA) is 94.8 Å². The number of carbonyl (C=O) groups is 2. The van der Waals surface area contributed by atoms with Crippen LogP contribution in [0.25, 0.3) is 0 Å². The van der Waals surface area contributed by atoms with Crippen LogP contribution < -0.4 is 10.1 Å². The average Bonchev–Trinajstić information content (AvgIpc) is 2.59. The second-order valence-corrected chi connectivity index (χ2v) is 5.43. The first kappa shape index (κ1) is 18.2. The van der Waals surface area contributed by atoms with E-state index in [0.29, 0.717) is 23.6 Å². The minimum absolute atomic E-state index is 0.267. The molecule has 1 aromatic carbocycles. The molecular weight excluding hydrogens is 320 g/mol. The number of hydrogen-bond acceptors (Lipinski definition) is 4. The Labute approximate surface area is 146 Å². The summed E-state index contributed by atoms with van der Waals surface area (Å²) in [5.41, 5.74) is 0.946. The van der Waals surface area contributed by atoms with Crippen LogP contribution in [0.1, 0.15) is 25.5 Å². The fourth-order valence-corrected chi connectivity index (χ4v) is 2.71. The Kier molecular flexibility index (Phi) is 5.90. The number of nitrogens with one attached hydrogen (secondary N) is 1. The lowest BCUT2D eigenvalue weighted by atomic mass is 9.87. The Hall–Kier alpha value is -3.14. The Morgan fingerprint density at radius 3 is 2.88 bits per heavy atom. The van der Waals surface area contributed by atoms with E-state index in [1.165, 1.54) is 0 Å². The lowest BCUT2D eigenvalue weighted by Crippen LogP contribution is -2.50. The van der Waals surface area contributed by atoms with Crippen LogP contribution in [0.3, 0.4) is 0 Å². The molecule has 0 aromatic heterocycles. The molecule has 1 aromatic rings. The van der Waals surface area contributed by atoms with E-state index in [-0.39, 0.29) is 6.61 Å². The van der Waals surface area contributed by atoms with Crippen LogP contribution in [0.5, 0.6) is 5.75 Å². The number of urea groups is 2. The van der Waals surface area contributed by atoms with Crippen molar-refractivity contribution in [3.05, 3.63) is 42.5 Å². The number of amides is 4. The maximum atomic E-state index is 12.4. The molecular formula is C18H20N4O3. The summed E-state index contributed by atoms with van der Waals surface area (Å²) in [6.07, 6.45) is 1.60. The van der Waals surface area contributed by atoms with Gasteiger partial charge in [0, 0.05) is 17.8 Å². The molecule has 4 amide bonds. The Balaban J connectivity index is 2.58. The van der Waals surface area contributed by atoms with Crippen molar-refractivity contribution in [3.63, 3.8) is 0 Å². The van der Waals surface area contributed by atoms with E-state index in [1.54, 1.807) is 44.2 Å². The van der Waals surface area contributed by atoms with Gasteiger partial charge in [0.1, 0.15) is 18.3 Å². The van der Waals surface area contributed by atoms with E-state index >= 15 is 0 Å². The van der Waals surface area contributed by atoms with Crippen LogP contribution in [0.2, 0.25) is 0 Å². The van der Waals surface area contributed by atoms with Gasteiger partial charge < -0.3 is 10.1 Å². The van der Waals surface area contributed by atoms with Crippen LogP contribution in [-0.4, -0.2) is 35.8 Å². The predicted octanol–water partition coefficient (Wildman–Crippen LogP) is 3.06. The average molecular weight is 340 g/mol. The van der Waals surface area contributed by atoms with Crippen LogP contribution in [0, 0.1) is 17.2 Å². The van der Waals surface area contributed by atoms with Gasteiger partial charge in [-0.2, -0.15) is 5.26 Å². The number of nitrogens with zero attached hydrogens (tertiary/aromatic N) is 3. The summed E-state index contributed by atoms with van der Waals surface area (Å²) in [5.74, 6) is -0.266. The van der Waals surface area contributed by atoms with E-state index < -0.39 is 24.0 Å². The highest BCUT2D eigenvalue weighted by Gasteiger charge is 2.43. The number of aliphatic imine (C=N–C) groups is 1. The zero-order valence-corrected chi connectivity index (χ0v) is 14.2. The van der Waals surface area contributed by atoms with Crippen LogP contribution in [-0.2, 0) is 0 Å². The summed E-state index contributed by atoms with van der Waals surface area (Å²) in [6, 6.07) is 7.07. The number of nitriles is 1. The first-order chi connectivity index (χ1) is 12.0. The third-order valence-corrected chi connectivity index (χ3v) is 3.80. The van der Waals surface area contributed by atoms with Crippen LogP contribution >= 0.6 is 0 Å². The first-order valence-electron chi connectivity index (χ1n) is 7.93. The summed E-state index contributed by atoms with van der Waals surface area (Å²) >= 11 is 0. The molecule has 2 rings (SSSR count). The van der Waals surface area contributed by atoms with Crippen molar-refractivity contribution in [2.75, 3.05) is 13.2 Å². The molecule has 130 valence electrons. The Morgan fingerprint density at radius 1 is 1.52 bits per heavy atom. The molecule has 1 aliphatic rings. The minimum Gasteiger partial charge on any atom is -0.489 e. The predicted molar refractivity (Wildman–Crippen MR) is 93.4 cm³/mol. The molecule has 0 saturated carbocycles. The normalized spacial score (nSPS) is 19.6. The molecule has 7 nitrogen and oxygen atoms in total. The molecule has 25 heavy (non-hydrogen) atoms. The van der Waals surface area contributed by atoms with Crippen molar-refractivity contribution < 1.29 is 14.3 Å². The summed E-state index contributed by atoms with van der Waals surface area (Å²) in [6.45, 7) is 7.59. The molecule has 0 saturated heterocycles. The van der Waals surface area contributed by atoms with E-state index in [0.717, 1.165) is 4.90 Å². The number of hydrogen-bond donors (Lipinski definition) is 1. The zero-order chi connectivity index (χ0) is 18.4. The number of ether oxygens (including phenoxy) is 1. The fourth-order valence-electron chi connectivity index (χ4n) is 2.71. The molecule has 1 aliphatic heterocycles. The van der Waals surface area contributed by atoms with Crippen molar-refractivity contribution in [3.8, 4) is 11.8 Å². The summed E-state index contributed by atoms with van der Waals surface area (Å²) in [5, 5.41) is 12.2. The van der Waals surface area contributed by atoms with Gasteiger partial charge in [-0.05, 0) is 19.9 Å². The van der Waals surface area contributed by atoms with Crippen LogP contribution in [0.15, 0.2) is 41.9 Å². The summed E-state index contributed by atoms with van der Waals surface area (Å²) in [4.78, 5) is 29.7. The fraction of sp³-hybridized carbons (Fsp3) is 0.333. The molecule has 7 heteroatoms. The molecule has 2 unspecified atom stereocenters. The van der Waals surface area contributed by atoms with Crippen molar-refractivity contribution in [2.45, 2.75) is 19.9 Å². The molecule has 2 atom stereocenters. The van der Waals surface area contributed by atoms with Gasteiger partial charge in [0.25, 0.3) is 0 Å². The smallest absolute Gasteiger partial charge is 0.352 e. The van der Waals surface area contributed by atoms with Gasteiger partial charge in [-0.25, -0.2) is 19.5 Å². The SMILES string of the molecule is C=CCOc1ccccc1C1C(C#N)C(C)=NC(=O)N1C(=O)NCC. The molecule has 0 radical (unpaired) electrons. The van der Waals surface area contributed by atoms with Crippen LogP contribution in [0.4, 0.5) is 9.59 Å². The maximum Gasteiger partial charge on any atom is 0.352 e. The summed E-state index contributed by atoms with van der Waals surface area (Å²) < 4.78 is 5.65. The molecule has 0 spiro atoms. The molecule has 0 aliphatic carbocycles. The third kappa shape index (κ3) is 3.69. The van der Waals surface area contributed by atoms with Gasteiger partial charge in [-0.1, -0.05) is 30.9 Å². The number of imide groups is 1. The van der Waals surface area contributed by atoms with Gasteiger partial charge in [0.2, 0.25) is 0 Å². The van der Waals surface area contributed by atoms with Crippen molar-refractivity contribution in [1.82, 2.24) is 10.2 Å². The van der Waals surface area contributed by atoms with Crippen molar-refractivity contribution >= 4 is 17.8 Å². The van der Waals surface area contributed by atoms with Gasteiger partial charge in [0.15, 0.2) is 0 Å². The van der Waals surface area contributed by atoms with Gasteiger partial charge >= 0.3 is 12.1 Å². The Morgan fingerprint density at radius 2 is 2.24 bits per heavy atom. The lowest BCUT2D eigenvalue weighted by molar-refractivity contribution is 0.166. The second kappa shape index (κ2) is 8.11. The maximum absolute atomic E-state index is 12.4. The highest BCUT2D eigenvalue weighted by atomic mass is 16.5. The van der Waals surface area contributed by atoms with Crippen molar-refractivity contribution in [2.24, 2.45) is 10.9 Å². The number of rotatable bonds is 5. The standard InChI is InChI=1S/C18H20N4O3/c1-4-10-25-15-9-7-6-8-13(15)16-14(11-19)12(3)21-18(24)22(16)17(23)20-5-2/h4,6-9,14,16H,1,5,10H2,2-3H3,(H,20,23). The first-order valence-corrected chi connectivity index (χ1v) is 7.93. The second-order valence-electron chi connectivity index (χ2n) is 5.43. The summed E-state index contributed by atoms with van der Waals surface area (Å²) in [7, 11) is 0. The Bertz CT molecular complexity index is 751. The largest absolute Gasteiger partial charge is 0.489 e. The molecule has 1 heterocycles. The third-order valence-electron chi connectivity index (χ3n) is 3.80. The van der Waals surface area contributed by atoms with Crippen molar-refractivity contribution in [1.29, 1.82) is 5.26 Å². The molecule has 1 N–H and O–H groups in total. The van der Waals surface area contributed by atoms with E-state index in [4.69, 9.17) is 4.74 Å². The highest BCUT2D eigenvalue weighted by Crippen LogP contribution is 2.38. The quantitative estimate of drug-likeness (QED) is 0.833. The minimum atomic E-state index is -0.817. The number of carbonyl (C=O) groups excluding carboxylic acids is 2. The van der Waals surface area contributed by atoms with E-state index in [2.05, 4.69) is 23.0 Å². The lowest BCUT2D eigenvalue weighted by Gasteiger charge is -2.35. The van der Waals surface area contributed by atoms with Gasteiger partial charge in [0.05, 0.1) is 12.1 Å².